The van der Waals surface area contributed by atoms with Gasteiger partial charge in [-0.25, -0.2) is 13.4 Å². The molecule has 1 aromatic carbocycles. The average molecular weight is 279 g/mol. The predicted molar refractivity (Wildman–Crippen MR) is 72.7 cm³/mol. The Morgan fingerprint density at radius 2 is 1.89 bits per heavy atom. The van der Waals surface area contributed by atoms with Crippen LogP contribution in [0.3, 0.4) is 0 Å². The smallest absolute Gasteiger partial charge is 0.192 e. The van der Waals surface area contributed by atoms with Crippen LogP contribution in [-0.2, 0) is 9.84 Å². The van der Waals surface area contributed by atoms with Crippen LogP contribution in [0.15, 0.2) is 41.6 Å². The van der Waals surface area contributed by atoms with Crippen LogP contribution in [0.4, 0.5) is 11.4 Å². The third-order valence-corrected chi connectivity index (χ3v) is 3.42. The summed E-state index contributed by atoms with van der Waals surface area (Å²) >= 11 is 0. The fraction of sp³-hybridized carbons (Fsp3) is 0.0833. The number of nitrogen functional groups attached to an aromatic ring is 2. The molecule has 4 N–H and O–H groups in total. The van der Waals surface area contributed by atoms with E-state index < -0.39 is 9.84 Å². The van der Waals surface area contributed by atoms with Gasteiger partial charge in [-0.05, 0) is 24.3 Å². The minimum atomic E-state index is -3.32. The first-order chi connectivity index (χ1) is 8.88. The van der Waals surface area contributed by atoms with Crippen LogP contribution in [0.1, 0.15) is 0 Å². The predicted octanol–water partition coefficient (Wildman–Crippen LogP) is 1.44. The molecule has 2 rings (SSSR count). The molecular weight excluding hydrogens is 266 g/mol. The summed E-state index contributed by atoms with van der Waals surface area (Å²) in [6.07, 6.45) is 2.41. The highest BCUT2D eigenvalue weighted by Crippen LogP contribution is 2.31. The Morgan fingerprint density at radius 1 is 1.16 bits per heavy atom. The topological polar surface area (TPSA) is 108 Å². The summed E-state index contributed by atoms with van der Waals surface area (Å²) in [6.45, 7) is 0. The van der Waals surface area contributed by atoms with Crippen molar-refractivity contribution < 1.29 is 13.2 Å². The Kier molecular flexibility index (Phi) is 3.30. The minimum Gasteiger partial charge on any atom is -0.453 e. The minimum absolute atomic E-state index is 0.0135. The Morgan fingerprint density at radius 3 is 2.47 bits per heavy atom. The van der Waals surface area contributed by atoms with Crippen molar-refractivity contribution in [1.29, 1.82) is 0 Å². The normalized spacial score (nSPS) is 11.2. The Balaban J connectivity index is 2.27. The maximum absolute atomic E-state index is 11.3. The van der Waals surface area contributed by atoms with Gasteiger partial charge in [0.05, 0.1) is 17.6 Å². The van der Waals surface area contributed by atoms with E-state index >= 15 is 0 Å². The first-order valence-corrected chi connectivity index (χ1v) is 7.25. The summed E-state index contributed by atoms with van der Waals surface area (Å²) in [5.41, 5.74) is 12.2. The SMILES string of the molecule is CS(=O)(=O)c1ccc(Oc2cccc(N)c2N)cn1. The zero-order valence-corrected chi connectivity index (χ0v) is 11.0. The highest BCUT2D eigenvalue weighted by Gasteiger charge is 2.09. The Hall–Kier alpha value is -2.28. The lowest BCUT2D eigenvalue weighted by Crippen LogP contribution is -2.01. The Bertz CT molecular complexity index is 697. The van der Waals surface area contributed by atoms with Crippen molar-refractivity contribution in [3.63, 3.8) is 0 Å². The molecule has 19 heavy (non-hydrogen) atoms. The van der Waals surface area contributed by atoms with E-state index in [-0.39, 0.29) is 5.03 Å². The molecule has 0 amide bonds. The standard InChI is InChI=1S/C12H13N3O3S/c1-19(16,17)11-6-5-8(7-15-11)18-10-4-2-3-9(13)12(10)14/h2-7H,13-14H2,1H3. The van der Waals surface area contributed by atoms with Crippen molar-refractivity contribution in [2.24, 2.45) is 0 Å². The monoisotopic (exact) mass is 279 g/mol. The number of nitrogens with zero attached hydrogens (tertiary/aromatic N) is 1. The number of sulfone groups is 1. The summed E-state index contributed by atoms with van der Waals surface area (Å²) in [5, 5.41) is -0.0135. The lowest BCUT2D eigenvalue weighted by molar-refractivity contribution is 0.481. The van der Waals surface area contributed by atoms with Crippen molar-refractivity contribution in [3.05, 3.63) is 36.5 Å². The van der Waals surface area contributed by atoms with Crippen molar-refractivity contribution >= 4 is 21.2 Å². The lowest BCUT2D eigenvalue weighted by Gasteiger charge is -2.09. The summed E-state index contributed by atoms with van der Waals surface area (Å²) < 4.78 is 28.0. The highest BCUT2D eigenvalue weighted by atomic mass is 32.2. The molecule has 0 fully saturated rings. The summed E-state index contributed by atoms with van der Waals surface area (Å²) in [4.78, 5) is 3.81. The molecule has 0 aliphatic carbocycles. The number of benzene rings is 1. The zero-order chi connectivity index (χ0) is 14.0. The molecule has 0 bridgehead atoms. The van der Waals surface area contributed by atoms with Crippen LogP contribution in [0.5, 0.6) is 11.5 Å². The van der Waals surface area contributed by atoms with E-state index in [4.69, 9.17) is 16.2 Å². The number of anilines is 2. The van der Waals surface area contributed by atoms with Gasteiger partial charge in [-0.2, -0.15) is 0 Å². The van der Waals surface area contributed by atoms with Gasteiger partial charge in [-0.15, -0.1) is 0 Å². The summed E-state index contributed by atoms with van der Waals surface area (Å²) in [6, 6.07) is 7.90. The third kappa shape index (κ3) is 2.94. The molecular formula is C12H13N3O3S. The van der Waals surface area contributed by atoms with Gasteiger partial charge in [0, 0.05) is 6.26 Å². The second-order valence-corrected chi connectivity index (χ2v) is 5.93. The summed E-state index contributed by atoms with van der Waals surface area (Å²) in [5.74, 6) is 0.776. The van der Waals surface area contributed by atoms with Crippen molar-refractivity contribution in [3.8, 4) is 11.5 Å². The second-order valence-electron chi connectivity index (χ2n) is 3.97. The van der Waals surface area contributed by atoms with Crippen LogP contribution in [0.2, 0.25) is 0 Å². The zero-order valence-electron chi connectivity index (χ0n) is 10.2. The second kappa shape index (κ2) is 4.77. The molecule has 0 unspecified atom stereocenters. The molecule has 1 heterocycles. The highest BCUT2D eigenvalue weighted by molar-refractivity contribution is 7.90. The molecule has 0 aliphatic heterocycles. The van der Waals surface area contributed by atoms with Gasteiger partial charge in [0.25, 0.3) is 0 Å². The lowest BCUT2D eigenvalue weighted by atomic mass is 10.2. The van der Waals surface area contributed by atoms with Gasteiger partial charge in [-0.3, -0.25) is 0 Å². The summed E-state index contributed by atoms with van der Waals surface area (Å²) in [7, 11) is -3.32. The van der Waals surface area contributed by atoms with Crippen molar-refractivity contribution in [2.45, 2.75) is 5.03 Å². The third-order valence-electron chi connectivity index (χ3n) is 2.42. The molecule has 0 atom stereocenters. The largest absolute Gasteiger partial charge is 0.453 e. The quantitative estimate of drug-likeness (QED) is 0.823. The molecule has 0 saturated carbocycles. The number of hydrogen-bond donors (Lipinski definition) is 2. The average Bonchev–Trinajstić information content (AvgIpc) is 2.35. The molecule has 0 spiro atoms. The molecule has 0 aliphatic rings. The van der Waals surface area contributed by atoms with Gasteiger partial charge < -0.3 is 16.2 Å². The number of para-hydroxylation sites is 1. The van der Waals surface area contributed by atoms with Crippen LogP contribution in [0.25, 0.3) is 0 Å². The first-order valence-electron chi connectivity index (χ1n) is 5.36. The van der Waals surface area contributed by atoms with Gasteiger partial charge in [-0.1, -0.05) is 6.07 Å². The van der Waals surface area contributed by atoms with E-state index in [9.17, 15) is 8.42 Å². The number of ether oxygens (including phenoxy) is 1. The van der Waals surface area contributed by atoms with E-state index in [2.05, 4.69) is 4.98 Å². The molecule has 0 saturated heterocycles. The maximum Gasteiger partial charge on any atom is 0.192 e. The van der Waals surface area contributed by atoms with Gasteiger partial charge in [0.15, 0.2) is 20.6 Å². The van der Waals surface area contributed by atoms with E-state index in [1.54, 1.807) is 18.2 Å². The molecule has 2 aromatic rings. The first kappa shape index (κ1) is 13.2. The van der Waals surface area contributed by atoms with E-state index in [1.165, 1.54) is 18.3 Å². The molecule has 100 valence electrons. The van der Waals surface area contributed by atoms with Gasteiger partial charge in [0.1, 0.15) is 5.75 Å². The Labute approximate surface area is 110 Å². The number of rotatable bonds is 3. The number of pyridine rings is 1. The van der Waals surface area contributed by atoms with Gasteiger partial charge in [0.2, 0.25) is 0 Å². The molecule has 0 radical (unpaired) electrons. The van der Waals surface area contributed by atoms with Crippen molar-refractivity contribution in [2.75, 3.05) is 17.7 Å². The number of nitrogens with two attached hydrogens (primary N) is 2. The number of aromatic nitrogens is 1. The fourth-order valence-corrected chi connectivity index (χ4v) is 1.98. The van der Waals surface area contributed by atoms with Crippen LogP contribution >= 0.6 is 0 Å². The van der Waals surface area contributed by atoms with Gasteiger partial charge >= 0.3 is 0 Å². The number of hydrogen-bond acceptors (Lipinski definition) is 6. The fourth-order valence-electron chi connectivity index (χ4n) is 1.42. The van der Waals surface area contributed by atoms with Crippen LogP contribution < -0.4 is 16.2 Å². The molecule has 7 heteroatoms. The van der Waals surface area contributed by atoms with Crippen molar-refractivity contribution in [1.82, 2.24) is 4.98 Å². The molecule has 6 nitrogen and oxygen atoms in total. The molecule has 1 aromatic heterocycles. The van der Waals surface area contributed by atoms with E-state index in [0.717, 1.165) is 6.26 Å². The van der Waals surface area contributed by atoms with E-state index in [0.29, 0.717) is 22.9 Å². The van der Waals surface area contributed by atoms with Crippen LogP contribution in [-0.4, -0.2) is 19.7 Å². The van der Waals surface area contributed by atoms with E-state index in [1.807, 2.05) is 0 Å². The van der Waals surface area contributed by atoms with Crippen LogP contribution in [0, 0.1) is 0 Å². The maximum atomic E-state index is 11.3.